The van der Waals surface area contributed by atoms with Crippen molar-refractivity contribution in [1.82, 2.24) is 4.98 Å². The number of hydrogen-bond donors (Lipinski definition) is 0. The number of carbonyl (C=O) groups is 1. The van der Waals surface area contributed by atoms with E-state index < -0.39 is 0 Å². The molecule has 1 heterocycles. The molecule has 60 valence electrons. The molecule has 1 aromatic heterocycles. The zero-order valence-corrected chi connectivity index (χ0v) is 6.87. The fourth-order valence-electron chi connectivity index (χ4n) is 1.32. The minimum atomic E-state index is 0.139. The third-order valence-corrected chi connectivity index (χ3v) is 1.94. The van der Waals surface area contributed by atoms with Gasteiger partial charge in [0.25, 0.3) is 0 Å². The second kappa shape index (κ2) is 2.55. The minimum absolute atomic E-state index is 0.139. The van der Waals surface area contributed by atoms with Gasteiger partial charge in [0.15, 0.2) is 5.78 Å². The van der Waals surface area contributed by atoms with Gasteiger partial charge in [0.05, 0.1) is 12.1 Å². The van der Waals surface area contributed by atoms with E-state index in [1.165, 1.54) is 0 Å². The van der Waals surface area contributed by atoms with Crippen LogP contribution in [0, 0.1) is 6.92 Å². The molecular weight excluding hydrogens is 150 g/mol. The summed E-state index contributed by atoms with van der Waals surface area (Å²) < 4.78 is 0. The summed E-state index contributed by atoms with van der Waals surface area (Å²) in [4.78, 5) is 15.3. The Morgan fingerprint density at radius 1 is 1.33 bits per heavy atom. The first-order valence-corrected chi connectivity index (χ1v) is 3.93. The summed E-state index contributed by atoms with van der Waals surface area (Å²) in [6.45, 7) is 1.93. The topological polar surface area (TPSA) is 30.0 Å². The number of nitrogens with zero attached hydrogens (tertiary/aromatic N) is 1. The van der Waals surface area contributed by atoms with Gasteiger partial charge in [-0.15, -0.1) is 0 Å². The van der Waals surface area contributed by atoms with Gasteiger partial charge >= 0.3 is 0 Å². The third-order valence-electron chi connectivity index (χ3n) is 1.94. The van der Waals surface area contributed by atoms with Crippen LogP contribution in [0.3, 0.4) is 0 Å². The van der Waals surface area contributed by atoms with E-state index in [1.807, 2.05) is 25.1 Å². The molecule has 0 aliphatic heterocycles. The predicted octanol–water partition coefficient (Wildman–Crippen LogP) is 1.53. The largest absolute Gasteiger partial charge is 0.294 e. The third kappa shape index (κ3) is 1.16. The van der Waals surface area contributed by atoms with Crippen molar-refractivity contribution in [2.45, 2.75) is 13.3 Å². The Morgan fingerprint density at radius 2 is 2.17 bits per heavy atom. The van der Waals surface area contributed by atoms with Crippen LogP contribution < -0.4 is 0 Å². The van der Waals surface area contributed by atoms with Crippen molar-refractivity contribution in [1.29, 1.82) is 0 Å². The molecule has 0 unspecified atom stereocenters. The maximum Gasteiger partial charge on any atom is 0.161 e. The zero-order chi connectivity index (χ0) is 8.55. The quantitative estimate of drug-likeness (QED) is 0.574. The summed E-state index contributed by atoms with van der Waals surface area (Å²) in [6, 6.07) is 3.96. The molecule has 0 amide bonds. The SMILES string of the molecule is Cc1ccc2c(n1)CC(=O)C=C2. The van der Waals surface area contributed by atoms with Gasteiger partial charge in [0.1, 0.15) is 0 Å². The van der Waals surface area contributed by atoms with E-state index in [4.69, 9.17) is 0 Å². The van der Waals surface area contributed by atoms with Gasteiger partial charge in [-0.25, -0.2) is 0 Å². The van der Waals surface area contributed by atoms with Crippen LogP contribution >= 0.6 is 0 Å². The highest BCUT2D eigenvalue weighted by atomic mass is 16.1. The highest BCUT2D eigenvalue weighted by Gasteiger charge is 2.10. The van der Waals surface area contributed by atoms with E-state index in [2.05, 4.69) is 4.98 Å². The molecule has 0 radical (unpaired) electrons. The molecular formula is C10H9NO. The normalized spacial score (nSPS) is 14.6. The molecule has 0 N–H and O–H groups in total. The molecule has 1 aliphatic carbocycles. The van der Waals surface area contributed by atoms with Crippen LogP contribution in [0.4, 0.5) is 0 Å². The van der Waals surface area contributed by atoms with Crippen molar-refractivity contribution in [3.05, 3.63) is 35.2 Å². The lowest BCUT2D eigenvalue weighted by Crippen LogP contribution is -2.07. The highest BCUT2D eigenvalue weighted by Crippen LogP contribution is 2.15. The fourth-order valence-corrected chi connectivity index (χ4v) is 1.32. The Balaban J connectivity index is 2.54. The number of allylic oxidation sites excluding steroid dienone is 1. The highest BCUT2D eigenvalue weighted by molar-refractivity contribution is 5.97. The van der Waals surface area contributed by atoms with Gasteiger partial charge < -0.3 is 0 Å². The minimum Gasteiger partial charge on any atom is -0.294 e. The van der Waals surface area contributed by atoms with Crippen LogP contribution in [0.25, 0.3) is 6.08 Å². The molecule has 2 heteroatoms. The number of fused-ring (bicyclic) bond motifs is 1. The van der Waals surface area contributed by atoms with Crippen LogP contribution in [0.2, 0.25) is 0 Å². The van der Waals surface area contributed by atoms with Crippen molar-refractivity contribution in [3.63, 3.8) is 0 Å². The zero-order valence-electron chi connectivity index (χ0n) is 6.87. The van der Waals surface area contributed by atoms with Crippen molar-refractivity contribution in [2.24, 2.45) is 0 Å². The van der Waals surface area contributed by atoms with Crippen LogP contribution in [-0.4, -0.2) is 10.8 Å². The monoisotopic (exact) mass is 159 g/mol. The Morgan fingerprint density at radius 3 is 3.00 bits per heavy atom. The second-order valence-corrected chi connectivity index (χ2v) is 2.96. The van der Waals surface area contributed by atoms with E-state index >= 15 is 0 Å². The summed E-state index contributed by atoms with van der Waals surface area (Å²) in [6.07, 6.45) is 3.89. The number of carbonyl (C=O) groups excluding carboxylic acids is 1. The number of aromatic nitrogens is 1. The number of ketones is 1. The van der Waals surface area contributed by atoms with Gasteiger partial charge in [-0.3, -0.25) is 9.78 Å². The summed E-state index contributed by atoms with van der Waals surface area (Å²) in [7, 11) is 0. The second-order valence-electron chi connectivity index (χ2n) is 2.96. The molecule has 0 spiro atoms. The van der Waals surface area contributed by atoms with Crippen LogP contribution in [-0.2, 0) is 11.2 Å². The standard InChI is InChI=1S/C10H9NO/c1-7-2-3-8-4-5-9(12)6-10(8)11-7/h2-5H,6H2,1H3. The molecule has 0 aromatic carbocycles. The van der Waals surface area contributed by atoms with E-state index in [9.17, 15) is 4.79 Å². The molecule has 2 nitrogen and oxygen atoms in total. The lowest BCUT2D eigenvalue weighted by atomic mass is 10.0. The van der Waals surface area contributed by atoms with Crippen molar-refractivity contribution in [2.75, 3.05) is 0 Å². The van der Waals surface area contributed by atoms with Gasteiger partial charge in [-0.1, -0.05) is 6.07 Å². The summed E-state index contributed by atoms with van der Waals surface area (Å²) >= 11 is 0. The van der Waals surface area contributed by atoms with Crippen LogP contribution in [0.5, 0.6) is 0 Å². The van der Waals surface area contributed by atoms with E-state index in [1.54, 1.807) is 6.08 Å². The fraction of sp³-hybridized carbons (Fsp3) is 0.200. The van der Waals surface area contributed by atoms with E-state index in [0.29, 0.717) is 6.42 Å². The Bertz CT molecular complexity index is 366. The first kappa shape index (κ1) is 7.22. The molecule has 0 saturated heterocycles. The van der Waals surface area contributed by atoms with Gasteiger partial charge in [-0.2, -0.15) is 0 Å². The molecule has 0 fully saturated rings. The number of aryl methyl sites for hydroxylation is 1. The van der Waals surface area contributed by atoms with E-state index in [0.717, 1.165) is 17.0 Å². The molecule has 1 aromatic rings. The van der Waals surface area contributed by atoms with Gasteiger partial charge in [-0.05, 0) is 30.7 Å². The number of rotatable bonds is 0. The maximum absolute atomic E-state index is 11.0. The Labute approximate surface area is 70.9 Å². The molecule has 0 atom stereocenters. The molecule has 1 aliphatic rings. The molecule has 0 saturated carbocycles. The Kier molecular flexibility index (Phi) is 1.54. The number of pyridine rings is 1. The average molecular weight is 159 g/mol. The summed E-state index contributed by atoms with van der Waals surface area (Å²) in [5.41, 5.74) is 2.94. The maximum atomic E-state index is 11.0. The Hall–Kier alpha value is -1.44. The summed E-state index contributed by atoms with van der Waals surface area (Å²) in [5, 5.41) is 0. The van der Waals surface area contributed by atoms with Gasteiger partial charge in [0.2, 0.25) is 0 Å². The molecule has 0 bridgehead atoms. The lowest BCUT2D eigenvalue weighted by Gasteiger charge is -2.08. The smallest absolute Gasteiger partial charge is 0.161 e. The van der Waals surface area contributed by atoms with Crippen molar-refractivity contribution >= 4 is 11.9 Å². The van der Waals surface area contributed by atoms with Crippen molar-refractivity contribution in [3.8, 4) is 0 Å². The average Bonchev–Trinajstić information content (AvgIpc) is 2.03. The van der Waals surface area contributed by atoms with Crippen LogP contribution in [0.1, 0.15) is 17.0 Å². The van der Waals surface area contributed by atoms with Crippen LogP contribution in [0.15, 0.2) is 18.2 Å². The van der Waals surface area contributed by atoms with Gasteiger partial charge in [0, 0.05) is 5.69 Å². The molecule has 2 rings (SSSR count). The van der Waals surface area contributed by atoms with E-state index in [-0.39, 0.29) is 5.78 Å². The molecule has 12 heavy (non-hydrogen) atoms. The van der Waals surface area contributed by atoms with Crippen molar-refractivity contribution < 1.29 is 4.79 Å². The summed E-state index contributed by atoms with van der Waals surface area (Å²) in [5.74, 6) is 0.139. The predicted molar refractivity (Wildman–Crippen MR) is 46.7 cm³/mol. The lowest BCUT2D eigenvalue weighted by molar-refractivity contribution is -0.114. The number of hydrogen-bond acceptors (Lipinski definition) is 2. The first-order chi connectivity index (χ1) is 5.75. The first-order valence-electron chi connectivity index (χ1n) is 3.93.